The number of carbonyl (C=O) groups excluding carboxylic acids is 3. The molecule has 0 saturated heterocycles. The van der Waals surface area contributed by atoms with E-state index in [4.69, 9.17) is 14.2 Å². The molecule has 71 heavy (non-hydrogen) atoms. The number of rotatable bonds is 50. The number of hydrogen-bond acceptors (Lipinski definition) is 6. The fourth-order valence-electron chi connectivity index (χ4n) is 7.37. The Kier molecular flexibility index (Phi) is 54.5. The van der Waals surface area contributed by atoms with Crippen molar-refractivity contribution in [1.29, 1.82) is 0 Å². The zero-order chi connectivity index (χ0) is 51.4. The van der Waals surface area contributed by atoms with Gasteiger partial charge in [0.25, 0.3) is 0 Å². The molecule has 0 rings (SSSR count). The van der Waals surface area contributed by atoms with Gasteiger partial charge in [-0.3, -0.25) is 14.4 Å². The standard InChI is InChI=1S/C65H104O6/c1-4-7-10-13-16-19-22-25-28-30-32-34-37-40-43-46-49-52-55-58-64(67)70-61-62(60-69-63(66)57-54-51-48-45-42-39-36-27-24-21-18-15-12-9-6-3)71-65(68)59-56-53-50-47-44-41-38-35-33-31-29-26-23-20-17-14-11-8-5-2/h7,9-10,12,16-21,25-29,32,34,36,40,42-43,45,62H,4-6,8,11,13-15,22-24,30-31,33,35,37-39,41,44,46-61H2,1-3H3/b10-7-,12-9-,19-16-,20-17-,21-18-,28-25-,29-26-,34-32-,36-27-,43-40-,45-42-/t62-/m0/s1. The van der Waals surface area contributed by atoms with Gasteiger partial charge in [0.2, 0.25) is 0 Å². The van der Waals surface area contributed by atoms with E-state index in [-0.39, 0.29) is 31.1 Å². The molecule has 0 aromatic carbocycles. The molecule has 0 aliphatic carbocycles. The van der Waals surface area contributed by atoms with Gasteiger partial charge in [0.1, 0.15) is 13.2 Å². The molecule has 0 spiro atoms. The summed E-state index contributed by atoms with van der Waals surface area (Å²) in [6.45, 7) is 6.31. The van der Waals surface area contributed by atoms with Gasteiger partial charge in [0, 0.05) is 19.3 Å². The van der Waals surface area contributed by atoms with Crippen molar-refractivity contribution in [3.05, 3.63) is 134 Å². The summed E-state index contributed by atoms with van der Waals surface area (Å²) in [7, 11) is 0. The zero-order valence-corrected chi connectivity index (χ0v) is 45.7. The van der Waals surface area contributed by atoms with Crippen LogP contribution >= 0.6 is 0 Å². The molecule has 0 saturated carbocycles. The first-order valence-electron chi connectivity index (χ1n) is 28.7. The summed E-state index contributed by atoms with van der Waals surface area (Å²) in [5, 5.41) is 0. The minimum absolute atomic E-state index is 0.115. The molecule has 0 heterocycles. The van der Waals surface area contributed by atoms with Crippen LogP contribution in [0.1, 0.15) is 239 Å². The molecule has 0 aliphatic rings. The second kappa shape index (κ2) is 58.1. The van der Waals surface area contributed by atoms with Crippen LogP contribution in [-0.4, -0.2) is 37.2 Å². The van der Waals surface area contributed by atoms with Crippen LogP contribution in [0.2, 0.25) is 0 Å². The summed E-state index contributed by atoms with van der Waals surface area (Å²) in [5.74, 6) is -0.994. The smallest absolute Gasteiger partial charge is 0.306 e. The lowest BCUT2D eigenvalue weighted by Crippen LogP contribution is -2.30. The van der Waals surface area contributed by atoms with E-state index in [9.17, 15) is 14.4 Å². The zero-order valence-electron chi connectivity index (χ0n) is 45.7. The van der Waals surface area contributed by atoms with Crippen LogP contribution in [-0.2, 0) is 28.6 Å². The minimum atomic E-state index is -0.817. The van der Waals surface area contributed by atoms with E-state index in [1.807, 2.05) is 0 Å². The molecule has 1 atom stereocenters. The summed E-state index contributed by atoms with van der Waals surface area (Å²) < 4.78 is 16.8. The van der Waals surface area contributed by atoms with E-state index in [0.29, 0.717) is 25.7 Å². The van der Waals surface area contributed by atoms with Crippen LogP contribution in [0.3, 0.4) is 0 Å². The fraction of sp³-hybridized carbons (Fsp3) is 0.615. The molecule has 0 amide bonds. The maximum absolute atomic E-state index is 12.9. The van der Waals surface area contributed by atoms with Crippen LogP contribution in [0.5, 0.6) is 0 Å². The summed E-state index contributed by atoms with van der Waals surface area (Å²) in [6, 6.07) is 0. The molecular formula is C65H104O6. The number of ether oxygens (including phenoxy) is 3. The van der Waals surface area contributed by atoms with Crippen LogP contribution in [0.15, 0.2) is 134 Å². The van der Waals surface area contributed by atoms with Gasteiger partial charge in [0.15, 0.2) is 6.10 Å². The van der Waals surface area contributed by atoms with Crippen LogP contribution in [0, 0.1) is 0 Å². The van der Waals surface area contributed by atoms with E-state index in [1.165, 1.54) is 70.6 Å². The van der Waals surface area contributed by atoms with Gasteiger partial charge in [-0.25, -0.2) is 0 Å². The first-order chi connectivity index (χ1) is 35.0. The molecule has 0 bridgehead atoms. The highest BCUT2D eigenvalue weighted by Gasteiger charge is 2.19. The average Bonchev–Trinajstić information content (AvgIpc) is 3.37. The number of allylic oxidation sites excluding steroid dienone is 22. The van der Waals surface area contributed by atoms with E-state index in [2.05, 4.69) is 154 Å². The van der Waals surface area contributed by atoms with Gasteiger partial charge in [-0.2, -0.15) is 0 Å². The molecule has 0 fully saturated rings. The lowest BCUT2D eigenvalue weighted by Gasteiger charge is -2.18. The third kappa shape index (κ3) is 56.3. The van der Waals surface area contributed by atoms with E-state index in [0.717, 1.165) is 122 Å². The van der Waals surface area contributed by atoms with Crippen molar-refractivity contribution in [3.63, 3.8) is 0 Å². The van der Waals surface area contributed by atoms with Gasteiger partial charge in [-0.1, -0.05) is 219 Å². The third-order valence-electron chi connectivity index (χ3n) is 11.6. The Hall–Kier alpha value is -4.45. The Balaban J connectivity index is 4.53. The highest BCUT2D eigenvalue weighted by molar-refractivity contribution is 5.71. The van der Waals surface area contributed by atoms with E-state index >= 15 is 0 Å². The summed E-state index contributed by atoms with van der Waals surface area (Å²) in [4.78, 5) is 38.2. The Labute approximate surface area is 436 Å². The lowest BCUT2D eigenvalue weighted by molar-refractivity contribution is -0.167. The number of unbranched alkanes of at least 4 members (excludes halogenated alkanes) is 17. The fourth-order valence-corrected chi connectivity index (χ4v) is 7.37. The Morgan fingerprint density at radius 1 is 0.296 bits per heavy atom. The molecular weight excluding hydrogens is 877 g/mol. The Morgan fingerprint density at radius 3 is 0.901 bits per heavy atom. The van der Waals surface area contributed by atoms with Crippen molar-refractivity contribution in [1.82, 2.24) is 0 Å². The monoisotopic (exact) mass is 981 g/mol. The van der Waals surface area contributed by atoms with Crippen LogP contribution in [0.4, 0.5) is 0 Å². The molecule has 0 aromatic rings. The largest absolute Gasteiger partial charge is 0.462 e. The third-order valence-corrected chi connectivity index (χ3v) is 11.6. The summed E-state index contributed by atoms with van der Waals surface area (Å²) in [5.41, 5.74) is 0. The van der Waals surface area contributed by atoms with Gasteiger partial charge < -0.3 is 14.2 Å². The maximum Gasteiger partial charge on any atom is 0.306 e. The quantitative estimate of drug-likeness (QED) is 0.0262. The first-order valence-corrected chi connectivity index (χ1v) is 28.7. The average molecular weight is 982 g/mol. The number of carbonyl (C=O) groups is 3. The number of hydrogen-bond donors (Lipinski definition) is 0. The predicted octanol–water partition coefficient (Wildman–Crippen LogP) is 19.4. The van der Waals surface area contributed by atoms with Crippen molar-refractivity contribution in [3.8, 4) is 0 Å². The second-order valence-corrected chi connectivity index (χ2v) is 18.4. The molecule has 0 aliphatic heterocycles. The van der Waals surface area contributed by atoms with Crippen LogP contribution in [0.25, 0.3) is 0 Å². The molecule has 0 aromatic heterocycles. The molecule has 6 heteroatoms. The first kappa shape index (κ1) is 66.6. The molecule has 0 radical (unpaired) electrons. The predicted molar refractivity (Wildman–Crippen MR) is 306 cm³/mol. The normalized spacial score (nSPS) is 13.1. The summed E-state index contributed by atoms with van der Waals surface area (Å²) >= 11 is 0. The van der Waals surface area contributed by atoms with Gasteiger partial charge >= 0.3 is 17.9 Å². The molecule has 0 N–H and O–H groups in total. The van der Waals surface area contributed by atoms with Crippen molar-refractivity contribution in [2.45, 2.75) is 245 Å². The number of esters is 3. The van der Waals surface area contributed by atoms with E-state index in [1.54, 1.807) is 0 Å². The lowest BCUT2D eigenvalue weighted by atomic mass is 10.1. The second-order valence-electron chi connectivity index (χ2n) is 18.4. The molecule has 6 nitrogen and oxygen atoms in total. The van der Waals surface area contributed by atoms with Crippen LogP contribution < -0.4 is 0 Å². The molecule has 0 unspecified atom stereocenters. The molecule has 400 valence electrons. The van der Waals surface area contributed by atoms with E-state index < -0.39 is 6.10 Å². The van der Waals surface area contributed by atoms with Gasteiger partial charge in [-0.05, 0) is 135 Å². The van der Waals surface area contributed by atoms with Crippen molar-refractivity contribution >= 4 is 17.9 Å². The SMILES string of the molecule is CC/C=C\C/C=C\C/C=C\C/C=C\C/C=C\CCCCCC(=O)OC[C@H](COC(=O)CCCC/C=C\C/C=C\C/C=C\C/C=C\CC)OC(=O)CCCCCCCCCCC/C=C\C/C=C\CCCCC. The van der Waals surface area contributed by atoms with Gasteiger partial charge in [0.05, 0.1) is 0 Å². The minimum Gasteiger partial charge on any atom is -0.462 e. The summed E-state index contributed by atoms with van der Waals surface area (Å²) in [6.07, 6.45) is 81.5. The van der Waals surface area contributed by atoms with Crippen molar-refractivity contribution < 1.29 is 28.6 Å². The maximum atomic E-state index is 12.9. The van der Waals surface area contributed by atoms with Crippen molar-refractivity contribution in [2.24, 2.45) is 0 Å². The topological polar surface area (TPSA) is 78.9 Å². The Bertz CT molecular complexity index is 1550. The highest BCUT2D eigenvalue weighted by atomic mass is 16.6. The highest BCUT2D eigenvalue weighted by Crippen LogP contribution is 2.14. The van der Waals surface area contributed by atoms with Crippen molar-refractivity contribution in [2.75, 3.05) is 13.2 Å². The Morgan fingerprint density at radius 2 is 0.549 bits per heavy atom. The van der Waals surface area contributed by atoms with Gasteiger partial charge in [-0.15, -0.1) is 0 Å².